The average molecular weight is 381 g/mol. The lowest BCUT2D eigenvalue weighted by molar-refractivity contribution is 0.0929. The Kier molecular flexibility index (Phi) is 7.56. The molecule has 2 aromatic rings. The number of halogens is 2. The van der Waals surface area contributed by atoms with Crippen LogP contribution in [0.1, 0.15) is 28.8 Å². The van der Waals surface area contributed by atoms with E-state index in [1.165, 1.54) is 0 Å². The van der Waals surface area contributed by atoms with Gasteiger partial charge in [-0.2, -0.15) is 0 Å². The highest BCUT2D eigenvalue weighted by Gasteiger charge is 2.16. The van der Waals surface area contributed by atoms with Crippen molar-refractivity contribution >= 4 is 29.9 Å². The number of ether oxygens (including phenoxy) is 1. The Bertz CT molecular complexity index is 686. The molecule has 134 valence electrons. The van der Waals surface area contributed by atoms with E-state index < -0.39 is 0 Å². The van der Waals surface area contributed by atoms with Gasteiger partial charge < -0.3 is 15.4 Å². The molecular formula is C19H22Cl2N2O2. The summed E-state index contributed by atoms with van der Waals surface area (Å²) in [5.74, 6) is 0.641. The minimum Gasteiger partial charge on any atom is -0.489 e. The van der Waals surface area contributed by atoms with Crippen LogP contribution in [0.3, 0.4) is 0 Å². The lowest BCUT2D eigenvalue weighted by Gasteiger charge is -2.23. The van der Waals surface area contributed by atoms with E-state index in [1.54, 1.807) is 6.07 Å². The van der Waals surface area contributed by atoms with Crippen molar-refractivity contribution in [2.75, 3.05) is 13.1 Å². The molecular weight excluding hydrogens is 359 g/mol. The van der Waals surface area contributed by atoms with E-state index in [4.69, 9.17) is 16.3 Å². The summed E-state index contributed by atoms with van der Waals surface area (Å²) >= 11 is 5.88. The molecule has 25 heavy (non-hydrogen) atoms. The van der Waals surface area contributed by atoms with E-state index in [2.05, 4.69) is 10.6 Å². The van der Waals surface area contributed by atoms with Gasteiger partial charge in [-0.3, -0.25) is 4.79 Å². The summed E-state index contributed by atoms with van der Waals surface area (Å²) in [7, 11) is 0. The zero-order valence-electron chi connectivity index (χ0n) is 13.8. The van der Waals surface area contributed by atoms with Crippen LogP contribution in [-0.4, -0.2) is 25.0 Å². The van der Waals surface area contributed by atoms with Crippen LogP contribution in [0.25, 0.3) is 0 Å². The van der Waals surface area contributed by atoms with Crippen molar-refractivity contribution in [3.05, 3.63) is 64.7 Å². The van der Waals surface area contributed by atoms with Crippen molar-refractivity contribution < 1.29 is 9.53 Å². The van der Waals surface area contributed by atoms with Crippen LogP contribution < -0.4 is 15.4 Å². The number of carbonyl (C=O) groups excluding carboxylic acids is 1. The summed E-state index contributed by atoms with van der Waals surface area (Å²) in [6, 6.07) is 15.1. The zero-order valence-corrected chi connectivity index (χ0v) is 15.4. The first-order valence-corrected chi connectivity index (χ1v) is 8.57. The van der Waals surface area contributed by atoms with Crippen molar-refractivity contribution in [1.29, 1.82) is 0 Å². The summed E-state index contributed by atoms with van der Waals surface area (Å²) < 4.78 is 5.78. The first-order valence-electron chi connectivity index (χ1n) is 8.19. The van der Waals surface area contributed by atoms with Crippen LogP contribution in [0.4, 0.5) is 0 Å². The summed E-state index contributed by atoms with van der Waals surface area (Å²) in [6.45, 7) is 2.35. The molecule has 1 fully saturated rings. The molecule has 0 aliphatic carbocycles. The van der Waals surface area contributed by atoms with Crippen molar-refractivity contribution in [1.82, 2.24) is 10.6 Å². The van der Waals surface area contributed by atoms with Gasteiger partial charge in [-0.05, 0) is 61.8 Å². The fraction of sp³-hybridized carbons (Fsp3) is 0.316. The molecule has 0 saturated carbocycles. The molecule has 1 saturated heterocycles. The van der Waals surface area contributed by atoms with Gasteiger partial charge in [0.25, 0.3) is 5.91 Å². The number of benzene rings is 2. The quantitative estimate of drug-likeness (QED) is 0.828. The Morgan fingerprint density at radius 3 is 2.60 bits per heavy atom. The number of rotatable bonds is 5. The predicted molar refractivity (Wildman–Crippen MR) is 103 cm³/mol. The van der Waals surface area contributed by atoms with E-state index in [0.29, 0.717) is 22.9 Å². The van der Waals surface area contributed by atoms with Crippen LogP contribution in [0.15, 0.2) is 48.5 Å². The molecule has 0 unspecified atom stereocenters. The minimum absolute atomic E-state index is 0. The molecule has 3 rings (SSSR count). The molecule has 1 heterocycles. The lowest BCUT2D eigenvalue weighted by Crippen LogP contribution is -2.42. The maximum atomic E-state index is 12.4. The van der Waals surface area contributed by atoms with E-state index >= 15 is 0 Å². The third-order valence-corrected chi connectivity index (χ3v) is 4.34. The highest BCUT2D eigenvalue weighted by molar-refractivity contribution is 6.30. The number of nitrogens with one attached hydrogen (secondary N) is 2. The molecule has 4 nitrogen and oxygen atoms in total. The largest absolute Gasteiger partial charge is 0.489 e. The number of hydrogen-bond donors (Lipinski definition) is 2. The van der Waals surface area contributed by atoms with Gasteiger partial charge in [0.15, 0.2) is 0 Å². The number of piperidine rings is 1. The average Bonchev–Trinajstić information content (AvgIpc) is 2.62. The van der Waals surface area contributed by atoms with Gasteiger partial charge in [-0.15, -0.1) is 12.4 Å². The van der Waals surface area contributed by atoms with Gasteiger partial charge in [0.05, 0.1) is 0 Å². The van der Waals surface area contributed by atoms with Crippen molar-refractivity contribution in [2.24, 2.45) is 0 Å². The third-order valence-electron chi connectivity index (χ3n) is 4.09. The molecule has 1 amide bonds. The Labute approximate surface area is 159 Å². The molecule has 0 aromatic heterocycles. The first kappa shape index (κ1) is 19.6. The summed E-state index contributed by atoms with van der Waals surface area (Å²) in [5.41, 5.74) is 1.66. The molecule has 2 N–H and O–H groups in total. The van der Waals surface area contributed by atoms with E-state index in [-0.39, 0.29) is 24.4 Å². The normalized spacial score (nSPS) is 14.4. The number of amides is 1. The van der Waals surface area contributed by atoms with Crippen molar-refractivity contribution in [3.63, 3.8) is 0 Å². The Hall–Kier alpha value is -1.75. The first-order chi connectivity index (χ1) is 11.7. The van der Waals surface area contributed by atoms with Crippen LogP contribution in [0.5, 0.6) is 5.75 Å². The smallest absolute Gasteiger partial charge is 0.251 e. The SMILES string of the molecule is Cl.O=C(NC1CCNCC1)c1cccc(OCc2ccc(Cl)cc2)c1. The fourth-order valence-corrected chi connectivity index (χ4v) is 2.84. The van der Waals surface area contributed by atoms with Crippen molar-refractivity contribution in [3.8, 4) is 5.75 Å². The van der Waals surface area contributed by atoms with E-state index in [0.717, 1.165) is 31.5 Å². The van der Waals surface area contributed by atoms with Gasteiger partial charge in [0.2, 0.25) is 0 Å². The number of hydrogen-bond acceptors (Lipinski definition) is 3. The maximum Gasteiger partial charge on any atom is 0.251 e. The third kappa shape index (κ3) is 5.92. The molecule has 6 heteroatoms. The van der Waals surface area contributed by atoms with Gasteiger partial charge in [0.1, 0.15) is 12.4 Å². The highest BCUT2D eigenvalue weighted by atomic mass is 35.5. The Balaban J connectivity index is 0.00000225. The van der Waals surface area contributed by atoms with Crippen LogP contribution >= 0.6 is 24.0 Å². The summed E-state index contributed by atoms with van der Waals surface area (Å²) in [4.78, 5) is 12.4. The second kappa shape index (κ2) is 9.66. The Morgan fingerprint density at radius 1 is 1.16 bits per heavy atom. The molecule has 0 spiro atoms. The molecule has 1 aliphatic rings. The van der Waals surface area contributed by atoms with E-state index in [9.17, 15) is 4.79 Å². The monoisotopic (exact) mass is 380 g/mol. The molecule has 1 aliphatic heterocycles. The molecule has 0 radical (unpaired) electrons. The second-order valence-electron chi connectivity index (χ2n) is 5.94. The predicted octanol–water partition coefficient (Wildman–Crippen LogP) is 3.82. The van der Waals surface area contributed by atoms with Crippen LogP contribution in [0, 0.1) is 0 Å². The van der Waals surface area contributed by atoms with Gasteiger partial charge in [-0.25, -0.2) is 0 Å². The van der Waals surface area contributed by atoms with Gasteiger partial charge in [-0.1, -0.05) is 29.8 Å². The standard InChI is InChI=1S/C19H21ClN2O2.ClH/c20-16-6-4-14(5-7-16)13-24-18-3-1-2-15(12-18)19(23)22-17-8-10-21-11-9-17;/h1-7,12,17,21H,8-11,13H2,(H,22,23);1H. The number of carbonyl (C=O) groups is 1. The lowest BCUT2D eigenvalue weighted by atomic mass is 10.1. The zero-order chi connectivity index (χ0) is 16.8. The van der Waals surface area contributed by atoms with Gasteiger partial charge in [0, 0.05) is 16.6 Å². The van der Waals surface area contributed by atoms with Crippen LogP contribution in [-0.2, 0) is 6.61 Å². The maximum absolute atomic E-state index is 12.4. The van der Waals surface area contributed by atoms with Crippen LogP contribution in [0.2, 0.25) is 5.02 Å². The Morgan fingerprint density at radius 2 is 1.88 bits per heavy atom. The minimum atomic E-state index is -0.0427. The highest BCUT2D eigenvalue weighted by Crippen LogP contribution is 2.17. The summed E-state index contributed by atoms with van der Waals surface area (Å²) in [5, 5.41) is 7.09. The topological polar surface area (TPSA) is 50.4 Å². The fourth-order valence-electron chi connectivity index (χ4n) is 2.71. The summed E-state index contributed by atoms with van der Waals surface area (Å²) in [6.07, 6.45) is 1.94. The van der Waals surface area contributed by atoms with Crippen molar-refractivity contribution in [2.45, 2.75) is 25.5 Å². The molecule has 0 atom stereocenters. The van der Waals surface area contributed by atoms with E-state index in [1.807, 2.05) is 42.5 Å². The second-order valence-corrected chi connectivity index (χ2v) is 6.38. The van der Waals surface area contributed by atoms with Gasteiger partial charge >= 0.3 is 0 Å². The molecule has 0 bridgehead atoms. The molecule has 2 aromatic carbocycles.